The number of benzene rings is 1. The van der Waals surface area contributed by atoms with Crippen molar-refractivity contribution >= 4 is 5.97 Å². The van der Waals surface area contributed by atoms with E-state index in [1.54, 1.807) is 12.1 Å². The Morgan fingerprint density at radius 2 is 2.24 bits per heavy atom. The zero-order valence-corrected chi connectivity index (χ0v) is 10.1. The van der Waals surface area contributed by atoms with Crippen molar-refractivity contribution in [3.05, 3.63) is 29.6 Å². The number of phenolic OH excluding ortho intramolecular Hbond substituents is 1. The molecule has 0 bridgehead atoms. The number of phenols is 1. The fourth-order valence-electron chi connectivity index (χ4n) is 1.85. The average Bonchev–Trinajstić information content (AvgIpc) is 2.32. The second-order valence-electron chi connectivity index (χ2n) is 3.95. The Balaban J connectivity index is 2.96. The molecule has 0 saturated carbocycles. The lowest BCUT2D eigenvalue weighted by Crippen LogP contribution is -2.10. The Labute approximate surface area is 100 Å². The van der Waals surface area contributed by atoms with E-state index in [9.17, 15) is 14.3 Å². The summed E-state index contributed by atoms with van der Waals surface area (Å²) < 4.78 is 18.3. The van der Waals surface area contributed by atoms with Crippen molar-refractivity contribution in [1.82, 2.24) is 0 Å². The highest BCUT2D eigenvalue weighted by molar-refractivity contribution is 5.70. The quantitative estimate of drug-likeness (QED) is 0.805. The van der Waals surface area contributed by atoms with Gasteiger partial charge in [0.2, 0.25) is 0 Å². The van der Waals surface area contributed by atoms with Gasteiger partial charge in [0.25, 0.3) is 0 Å². The topological polar surface area (TPSA) is 46.5 Å². The van der Waals surface area contributed by atoms with Crippen LogP contribution >= 0.6 is 0 Å². The first-order valence-corrected chi connectivity index (χ1v) is 5.64. The molecule has 0 radical (unpaired) electrons. The highest BCUT2D eigenvalue weighted by Gasteiger charge is 2.20. The second kappa shape index (κ2) is 6.23. The molecule has 0 aromatic heterocycles. The zero-order valence-electron chi connectivity index (χ0n) is 10.1. The molecule has 3 nitrogen and oxygen atoms in total. The van der Waals surface area contributed by atoms with E-state index in [1.807, 2.05) is 6.92 Å². The van der Waals surface area contributed by atoms with Gasteiger partial charge in [0.1, 0.15) is 0 Å². The normalized spacial score (nSPS) is 12.2. The first kappa shape index (κ1) is 13.5. The number of carbonyl (C=O) groups excluding carboxylic acids is 1. The largest absolute Gasteiger partial charge is 0.505 e. The third-order valence-corrected chi connectivity index (χ3v) is 2.73. The van der Waals surface area contributed by atoms with Crippen molar-refractivity contribution in [2.24, 2.45) is 0 Å². The van der Waals surface area contributed by atoms with E-state index in [-0.39, 0.29) is 24.1 Å². The minimum absolute atomic E-state index is 0.130. The van der Waals surface area contributed by atoms with Crippen molar-refractivity contribution < 1.29 is 19.0 Å². The first-order chi connectivity index (χ1) is 8.10. The van der Waals surface area contributed by atoms with Gasteiger partial charge < -0.3 is 9.84 Å². The van der Waals surface area contributed by atoms with Crippen LogP contribution in [0, 0.1) is 5.82 Å². The van der Waals surface area contributed by atoms with E-state index in [1.165, 1.54) is 13.2 Å². The summed E-state index contributed by atoms with van der Waals surface area (Å²) in [4.78, 5) is 11.3. The maximum absolute atomic E-state index is 13.7. The lowest BCUT2D eigenvalue weighted by molar-refractivity contribution is -0.141. The van der Waals surface area contributed by atoms with Gasteiger partial charge in [0, 0.05) is 0 Å². The monoisotopic (exact) mass is 240 g/mol. The Bertz CT molecular complexity index is 390. The van der Waals surface area contributed by atoms with E-state index in [2.05, 4.69) is 4.74 Å². The molecule has 0 unspecified atom stereocenters. The predicted molar refractivity (Wildman–Crippen MR) is 62.3 cm³/mol. The third-order valence-electron chi connectivity index (χ3n) is 2.73. The molecule has 1 N–H and O–H groups in total. The Kier molecular flexibility index (Phi) is 4.94. The molecule has 17 heavy (non-hydrogen) atoms. The van der Waals surface area contributed by atoms with Crippen molar-refractivity contribution in [3.8, 4) is 5.75 Å². The highest BCUT2D eigenvalue weighted by Crippen LogP contribution is 2.31. The van der Waals surface area contributed by atoms with Crippen LogP contribution in [0.25, 0.3) is 0 Å². The van der Waals surface area contributed by atoms with Crippen LogP contribution in [0.2, 0.25) is 0 Å². The maximum atomic E-state index is 13.7. The highest BCUT2D eigenvalue weighted by atomic mass is 19.1. The average molecular weight is 240 g/mol. The molecule has 94 valence electrons. The van der Waals surface area contributed by atoms with Gasteiger partial charge in [-0.25, -0.2) is 4.39 Å². The molecule has 0 fully saturated rings. The van der Waals surface area contributed by atoms with Crippen LogP contribution in [0.4, 0.5) is 4.39 Å². The Morgan fingerprint density at radius 1 is 1.53 bits per heavy atom. The van der Waals surface area contributed by atoms with Crippen molar-refractivity contribution in [1.29, 1.82) is 0 Å². The second-order valence-corrected chi connectivity index (χ2v) is 3.95. The Morgan fingerprint density at radius 3 is 2.82 bits per heavy atom. The maximum Gasteiger partial charge on any atom is 0.306 e. The van der Waals surface area contributed by atoms with Gasteiger partial charge in [-0.15, -0.1) is 0 Å². The van der Waals surface area contributed by atoms with Crippen LogP contribution in [0.3, 0.4) is 0 Å². The van der Waals surface area contributed by atoms with E-state index in [4.69, 9.17) is 0 Å². The number of ether oxygens (including phenoxy) is 1. The first-order valence-electron chi connectivity index (χ1n) is 5.64. The van der Waals surface area contributed by atoms with Crippen molar-refractivity contribution in [3.63, 3.8) is 0 Å². The lowest BCUT2D eigenvalue weighted by Gasteiger charge is -2.16. The summed E-state index contributed by atoms with van der Waals surface area (Å²) in [5, 5.41) is 9.32. The fourth-order valence-corrected chi connectivity index (χ4v) is 1.85. The molecular weight excluding hydrogens is 223 g/mol. The van der Waals surface area contributed by atoms with E-state index in [0.29, 0.717) is 12.0 Å². The minimum Gasteiger partial charge on any atom is -0.505 e. The van der Waals surface area contributed by atoms with E-state index < -0.39 is 5.82 Å². The molecule has 0 saturated heterocycles. The van der Waals surface area contributed by atoms with Crippen LogP contribution in [-0.2, 0) is 9.53 Å². The number of halogens is 1. The van der Waals surface area contributed by atoms with Gasteiger partial charge in [-0.05, 0) is 24.0 Å². The van der Waals surface area contributed by atoms with Crippen LogP contribution in [-0.4, -0.2) is 18.2 Å². The van der Waals surface area contributed by atoms with Crippen molar-refractivity contribution in [2.45, 2.75) is 32.1 Å². The number of carbonyl (C=O) groups is 1. The molecule has 1 aromatic rings. The molecule has 0 aliphatic heterocycles. The number of rotatable bonds is 5. The van der Waals surface area contributed by atoms with Crippen LogP contribution < -0.4 is 0 Å². The van der Waals surface area contributed by atoms with Gasteiger partial charge in [0.05, 0.1) is 13.5 Å². The van der Waals surface area contributed by atoms with Crippen molar-refractivity contribution in [2.75, 3.05) is 7.11 Å². The molecule has 0 heterocycles. The summed E-state index contributed by atoms with van der Waals surface area (Å²) in [5.74, 6) is -1.64. The number of esters is 1. The smallest absolute Gasteiger partial charge is 0.306 e. The van der Waals surface area contributed by atoms with Gasteiger partial charge in [-0.3, -0.25) is 4.79 Å². The summed E-state index contributed by atoms with van der Waals surface area (Å²) in [6.07, 6.45) is 1.64. The Hall–Kier alpha value is -1.58. The minimum atomic E-state index is -0.644. The number of hydrogen-bond acceptors (Lipinski definition) is 3. The standard InChI is InChI=1S/C13H17FO3/c1-3-5-9(8-12(16)17-2)10-6-4-7-11(15)13(10)14/h4,6-7,9,15H,3,5,8H2,1-2H3/t9-/m0/s1. The van der Waals surface area contributed by atoms with E-state index >= 15 is 0 Å². The molecule has 0 amide bonds. The molecule has 0 aliphatic carbocycles. The van der Waals surface area contributed by atoms with E-state index in [0.717, 1.165) is 6.42 Å². The summed E-state index contributed by atoms with van der Waals surface area (Å²) in [5.41, 5.74) is 0.372. The lowest BCUT2D eigenvalue weighted by atomic mass is 9.91. The summed E-state index contributed by atoms with van der Waals surface area (Å²) in [6, 6.07) is 4.46. The number of methoxy groups -OCH3 is 1. The summed E-state index contributed by atoms with van der Waals surface area (Å²) >= 11 is 0. The molecule has 0 spiro atoms. The number of hydrogen-bond donors (Lipinski definition) is 1. The zero-order chi connectivity index (χ0) is 12.8. The summed E-state index contributed by atoms with van der Waals surface area (Å²) in [7, 11) is 1.31. The van der Waals surface area contributed by atoms with Gasteiger partial charge in [-0.1, -0.05) is 25.5 Å². The van der Waals surface area contributed by atoms with Crippen LogP contribution in [0.1, 0.15) is 37.7 Å². The van der Waals surface area contributed by atoms with Gasteiger partial charge in [0.15, 0.2) is 11.6 Å². The van der Waals surface area contributed by atoms with Gasteiger partial charge in [-0.2, -0.15) is 0 Å². The van der Waals surface area contributed by atoms with Gasteiger partial charge >= 0.3 is 5.97 Å². The molecule has 1 atom stereocenters. The number of aromatic hydroxyl groups is 1. The predicted octanol–water partition coefficient (Wildman–Crippen LogP) is 2.98. The SMILES string of the molecule is CCC[C@@H](CC(=O)OC)c1cccc(O)c1F. The molecular formula is C13H17FO3. The molecule has 0 aliphatic rings. The molecule has 1 rings (SSSR count). The third kappa shape index (κ3) is 3.44. The van der Waals surface area contributed by atoms with Crippen LogP contribution in [0.5, 0.6) is 5.75 Å². The molecule has 1 aromatic carbocycles. The van der Waals surface area contributed by atoms with Crippen LogP contribution in [0.15, 0.2) is 18.2 Å². The fraction of sp³-hybridized carbons (Fsp3) is 0.462. The summed E-state index contributed by atoms with van der Waals surface area (Å²) in [6.45, 7) is 1.96. The molecule has 4 heteroatoms.